The van der Waals surface area contributed by atoms with E-state index in [1.165, 1.54) is 18.5 Å². The highest BCUT2D eigenvalue weighted by Crippen LogP contribution is 2.27. The lowest BCUT2D eigenvalue weighted by atomic mass is 9.91. The number of hydrogen-bond donors (Lipinski definition) is 1. The van der Waals surface area contributed by atoms with Crippen molar-refractivity contribution in [2.75, 3.05) is 6.54 Å². The van der Waals surface area contributed by atoms with E-state index in [4.69, 9.17) is 0 Å². The molecule has 1 aromatic heterocycles. The third-order valence-corrected chi connectivity index (χ3v) is 3.30. The molecule has 14 heavy (non-hydrogen) atoms. The van der Waals surface area contributed by atoms with Gasteiger partial charge in [0.05, 0.1) is 0 Å². The summed E-state index contributed by atoms with van der Waals surface area (Å²) in [5, 5.41) is 3.48. The minimum absolute atomic E-state index is 0.643. The van der Waals surface area contributed by atoms with Crippen molar-refractivity contribution in [3.05, 3.63) is 17.7 Å². The van der Waals surface area contributed by atoms with Crippen molar-refractivity contribution in [3.8, 4) is 0 Å². The molecule has 0 bridgehead atoms. The van der Waals surface area contributed by atoms with E-state index in [-0.39, 0.29) is 0 Å². The summed E-state index contributed by atoms with van der Waals surface area (Å²) in [5.41, 5.74) is 1.40. The zero-order valence-corrected chi connectivity index (χ0v) is 9.25. The summed E-state index contributed by atoms with van der Waals surface area (Å²) in [6.45, 7) is 5.46. The Labute approximate surface area is 85.5 Å². The molecule has 1 aliphatic rings. The number of piperidine rings is 1. The number of nitrogens with one attached hydrogen (secondary N) is 1. The molecule has 78 valence electrons. The average molecular weight is 193 g/mol. The van der Waals surface area contributed by atoms with Gasteiger partial charge in [-0.3, -0.25) is 0 Å². The lowest BCUT2D eigenvalue weighted by Crippen LogP contribution is -2.35. The molecule has 0 saturated carbocycles. The summed E-state index contributed by atoms with van der Waals surface area (Å²) in [6.07, 6.45) is 4.51. The first kappa shape index (κ1) is 9.71. The van der Waals surface area contributed by atoms with Gasteiger partial charge in [-0.1, -0.05) is 0 Å². The Hall–Kier alpha value is -0.830. The van der Waals surface area contributed by atoms with Crippen LogP contribution < -0.4 is 5.32 Å². The van der Waals surface area contributed by atoms with E-state index < -0.39 is 0 Å². The molecular formula is C11H19N3. The van der Waals surface area contributed by atoms with E-state index in [1.807, 2.05) is 6.20 Å². The maximum atomic E-state index is 4.36. The van der Waals surface area contributed by atoms with E-state index in [0.29, 0.717) is 12.0 Å². The molecule has 0 radical (unpaired) electrons. The fraction of sp³-hybridized carbons (Fsp3) is 0.727. The van der Waals surface area contributed by atoms with Gasteiger partial charge in [0.1, 0.15) is 5.82 Å². The Bertz CT molecular complexity index is 316. The summed E-state index contributed by atoms with van der Waals surface area (Å²) in [6, 6.07) is 0.643. The highest BCUT2D eigenvalue weighted by atomic mass is 15.1. The van der Waals surface area contributed by atoms with Gasteiger partial charge < -0.3 is 9.88 Å². The molecule has 1 N–H and O–H groups in total. The van der Waals surface area contributed by atoms with Gasteiger partial charge in [-0.05, 0) is 33.2 Å². The second-order valence-corrected chi connectivity index (χ2v) is 4.37. The van der Waals surface area contributed by atoms with Crippen LogP contribution in [0.4, 0.5) is 0 Å². The molecule has 0 aliphatic carbocycles. The van der Waals surface area contributed by atoms with Crippen molar-refractivity contribution in [1.82, 2.24) is 14.9 Å². The van der Waals surface area contributed by atoms with Gasteiger partial charge in [0.2, 0.25) is 0 Å². The van der Waals surface area contributed by atoms with Crippen molar-refractivity contribution in [2.24, 2.45) is 7.05 Å². The smallest absolute Gasteiger partial charge is 0.105 e. The van der Waals surface area contributed by atoms with E-state index in [1.54, 1.807) is 0 Å². The number of nitrogens with zero attached hydrogens (tertiary/aromatic N) is 2. The number of aryl methyl sites for hydroxylation is 1. The molecular weight excluding hydrogens is 174 g/mol. The topological polar surface area (TPSA) is 29.9 Å². The minimum atomic E-state index is 0.643. The first-order valence-electron chi connectivity index (χ1n) is 5.40. The van der Waals surface area contributed by atoms with Crippen LogP contribution in [0.2, 0.25) is 0 Å². The predicted octanol–water partition coefficient (Wildman–Crippen LogP) is 1.58. The molecule has 1 aromatic rings. The van der Waals surface area contributed by atoms with Crippen molar-refractivity contribution in [2.45, 2.75) is 38.6 Å². The monoisotopic (exact) mass is 193 g/mol. The van der Waals surface area contributed by atoms with Crippen LogP contribution in [0, 0.1) is 6.92 Å². The Morgan fingerprint density at radius 2 is 2.36 bits per heavy atom. The average Bonchev–Trinajstić information content (AvgIpc) is 2.48. The van der Waals surface area contributed by atoms with Crippen LogP contribution in [0.15, 0.2) is 6.20 Å². The first-order chi connectivity index (χ1) is 6.68. The zero-order valence-electron chi connectivity index (χ0n) is 9.25. The van der Waals surface area contributed by atoms with E-state index in [0.717, 1.165) is 12.4 Å². The van der Waals surface area contributed by atoms with Gasteiger partial charge >= 0.3 is 0 Å². The molecule has 0 spiro atoms. The summed E-state index contributed by atoms with van der Waals surface area (Å²) in [7, 11) is 2.12. The lowest BCUT2D eigenvalue weighted by Gasteiger charge is -2.28. The molecule has 2 atom stereocenters. The van der Waals surface area contributed by atoms with Crippen LogP contribution in [-0.4, -0.2) is 22.1 Å². The molecule has 1 fully saturated rings. The van der Waals surface area contributed by atoms with E-state index in [2.05, 4.69) is 35.8 Å². The summed E-state index contributed by atoms with van der Waals surface area (Å²) >= 11 is 0. The second kappa shape index (κ2) is 3.73. The van der Waals surface area contributed by atoms with Crippen LogP contribution >= 0.6 is 0 Å². The highest BCUT2D eigenvalue weighted by Gasteiger charge is 2.22. The quantitative estimate of drug-likeness (QED) is 0.734. The van der Waals surface area contributed by atoms with Crippen molar-refractivity contribution in [1.29, 1.82) is 0 Å². The van der Waals surface area contributed by atoms with Crippen LogP contribution in [0.25, 0.3) is 0 Å². The number of hydrogen-bond acceptors (Lipinski definition) is 2. The molecule has 1 saturated heterocycles. The van der Waals surface area contributed by atoms with Gasteiger partial charge in [-0.2, -0.15) is 0 Å². The molecule has 2 rings (SSSR count). The van der Waals surface area contributed by atoms with Gasteiger partial charge in [0.15, 0.2) is 0 Å². The first-order valence-corrected chi connectivity index (χ1v) is 5.40. The van der Waals surface area contributed by atoms with Crippen molar-refractivity contribution < 1.29 is 0 Å². The maximum Gasteiger partial charge on any atom is 0.105 e. The predicted molar refractivity (Wildman–Crippen MR) is 57.4 cm³/mol. The number of imidazole rings is 1. The lowest BCUT2D eigenvalue weighted by molar-refractivity contribution is 0.371. The molecule has 1 aliphatic heterocycles. The SMILES string of the molecule is Cc1ncc(C2CCNC(C)C2)n1C. The molecule has 3 heteroatoms. The van der Waals surface area contributed by atoms with Gasteiger partial charge in [-0.25, -0.2) is 4.98 Å². The zero-order chi connectivity index (χ0) is 10.1. The third-order valence-electron chi connectivity index (χ3n) is 3.30. The Kier molecular flexibility index (Phi) is 2.59. The largest absolute Gasteiger partial charge is 0.335 e. The Morgan fingerprint density at radius 1 is 1.57 bits per heavy atom. The molecule has 0 aromatic carbocycles. The summed E-state index contributed by atoms with van der Waals surface area (Å²) in [5.74, 6) is 1.81. The summed E-state index contributed by atoms with van der Waals surface area (Å²) in [4.78, 5) is 4.36. The number of aromatic nitrogens is 2. The normalized spacial score (nSPS) is 27.9. The number of rotatable bonds is 1. The second-order valence-electron chi connectivity index (χ2n) is 4.37. The minimum Gasteiger partial charge on any atom is -0.335 e. The molecule has 0 amide bonds. The van der Waals surface area contributed by atoms with Crippen LogP contribution in [-0.2, 0) is 7.05 Å². The molecule has 2 unspecified atom stereocenters. The molecule has 2 heterocycles. The van der Waals surface area contributed by atoms with Crippen LogP contribution in [0.5, 0.6) is 0 Å². The Morgan fingerprint density at radius 3 is 2.93 bits per heavy atom. The van der Waals surface area contributed by atoms with Crippen LogP contribution in [0.1, 0.15) is 37.2 Å². The van der Waals surface area contributed by atoms with Crippen molar-refractivity contribution in [3.63, 3.8) is 0 Å². The van der Waals surface area contributed by atoms with Crippen molar-refractivity contribution >= 4 is 0 Å². The van der Waals surface area contributed by atoms with Crippen LogP contribution in [0.3, 0.4) is 0 Å². The van der Waals surface area contributed by atoms with Gasteiger partial charge in [-0.15, -0.1) is 0 Å². The maximum absolute atomic E-state index is 4.36. The summed E-state index contributed by atoms with van der Waals surface area (Å²) < 4.78 is 2.22. The fourth-order valence-corrected chi connectivity index (χ4v) is 2.30. The van der Waals surface area contributed by atoms with E-state index in [9.17, 15) is 0 Å². The standard InChI is InChI=1S/C11H19N3/c1-8-6-10(4-5-12-8)11-7-13-9(2)14(11)3/h7-8,10,12H,4-6H2,1-3H3. The third kappa shape index (κ3) is 1.69. The highest BCUT2D eigenvalue weighted by molar-refractivity contribution is 5.11. The van der Waals surface area contributed by atoms with E-state index >= 15 is 0 Å². The molecule has 3 nitrogen and oxygen atoms in total. The fourth-order valence-electron chi connectivity index (χ4n) is 2.30. The Balaban J connectivity index is 2.18. The van der Waals surface area contributed by atoms with Gasteiger partial charge in [0, 0.05) is 30.9 Å². The van der Waals surface area contributed by atoms with Gasteiger partial charge in [0.25, 0.3) is 0 Å².